The number of aromatic nitrogens is 1. The number of carbonyl (C=O) groups is 3. The Bertz CT molecular complexity index is 2270. The maximum atomic E-state index is 14.6. The summed E-state index contributed by atoms with van der Waals surface area (Å²) < 4.78 is 29.8. The number of nitrogens with one attached hydrogen (secondary N) is 2. The van der Waals surface area contributed by atoms with Crippen molar-refractivity contribution in [2.45, 2.75) is 117 Å². The molecule has 0 aliphatic heterocycles. The number of aromatic amines is 1. The third-order valence-electron chi connectivity index (χ3n) is 16.2. The summed E-state index contributed by atoms with van der Waals surface area (Å²) in [6.07, 6.45) is 10.0. The first-order chi connectivity index (χ1) is 25.1. The minimum atomic E-state index is -4.23. The zero-order valence-electron chi connectivity index (χ0n) is 32.6. The standard InChI is InChI=1S/C44H54N2O7S/c1-39(2)18-20-44(38(51)46-54(52,53)27-11-8-25(9-12-27)36(47)48)21-19-42(6)30(31(44)24-39)14-15-34-41(5)23-29-28-13-10-26(37(49)50)22-32(28)45-35(29)40(3,4)33(41)16-17-43(34,42)7/h8-14,22,31,33-34,45H,15-21,23-24H2,1-7H3,(H,46,51)(H,47,48)(H,49,50)/t31-,33-,34+,41-,42+,43+,44-/m0/s1. The third kappa shape index (κ3) is 4.99. The van der Waals surface area contributed by atoms with Gasteiger partial charge in [-0.05, 0) is 139 Å². The normalized spacial score (nSPS) is 34.9. The summed E-state index contributed by atoms with van der Waals surface area (Å²) in [4.78, 5) is 41.4. The molecule has 0 saturated heterocycles. The second-order valence-electron chi connectivity index (χ2n) is 19.6. The van der Waals surface area contributed by atoms with Gasteiger partial charge in [-0.25, -0.2) is 22.7 Å². The first kappa shape index (κ1) is 37.0. The van der Waals surface area contributed by atoms with Gasteiger partial charge in [-0.3, -0.25) is 4.79 Å². The summed E-state index contributed by atoms with van der Waals surface area (Å²) in [5.74, 6) is -1.83. The lowest BCUT2D eigenvalue weighted by atomic mass is 9.33. The lowest BCUT2D eigenvalue weighted by molar-refractivity contribution is -0.166. The number of amides is 1. The summed E-state index contributed by atoms with van der Waals surface area (Å²) in [5.41, 5.74) is 3.73. The number of sulfonamides is 1. The van der Waals surface area contributed by atoms with E-state index in [0.717, 1.165) is 55.8 Å². The van der Waals surface area contributed by atoms with E-state index >= 15 is 0 Å². The van der Waals surface area contributed by atoms with Crippen molar-refractivity contribution in [3.63, 3.8) is 0 Å². The van der Waals surface area contributed by atoms with Crippen LogP contribution in [0.5, 0.6) is 0 Å². The van der Waals surface area contributed by atoms with Gasteiger partial charge in [-0.15, -0.1) is 0 Å². The molecule has 3 fully saturated rings. The second kappa shape index (κ2) is 11.6. The highest BCUT2D eigenvalue weighted by atomic mass is 32.2. The van der Waals surface area contributed by atoms with Crippen LogP contribution in [0.15, 0.2) is 59.0 Å². The van der Waals surface area contributed by atoms with Crippen LogP contribution in [0.4, 0.5) is 0 Å². The van der Waals surface area contributed by atoms with Crippen LogP contribution in [0.3, 0.4) is 0 Å². The highest BCUT2D eigenvalue weighted by Gasteiger charge is 2.69. The lowest BCUT2D eigenvalue weighted by Crippen LogP contribution is -2.65. The van der Waals surface area contributed by atoms with Crippen LogP contribution in [-0.4, -0.2) is 41.5 Å². The van der Waals surface area contributed by atoms with Crippen LogP contribution >= 0.6 is 0 Å². The second-order valence-corrected chi connectivity index (χ2v) is 21.3. The van der Waals surface area contributed by atoms with Crippen LogP contribution in [-0.2, 0) is 26.7 Å². The maximum absolute atomic E-state index is 14.6. The number of benzene rings is 2. The molecule has 10 heteroatoms. The van der Waals surface area contributed by atoms with Crippen molar-refractivity contribution in [2.75, 3.05) is 0 Å². The van der Waals surface area contributed by atoms with Crippen LogP contribution < -0.4 is 4.72 Å². The predicted molar refractivity (Wildman–Crippen MR) is 207 cm³/mol. The molecular weight excluding hydrogens is 701 g/mol. The van der Waals surface area contributed by atoms with Crippen molar-refractivity contribution in [3.05, 3.63) is 76.5 Å². The Kier molecular flexibility index (Phi) is 7.92. The van der Waals surface area contributed by atoms with Gasteiger partial charge in [-0.2, -0.15) is 0 Å². The molecule has 0 unspecified atom stereocenters. The highest BCUT2D eigenvalue weighted by Crippen LogP contribution is 2.75. The van der Waals surface area contributed by atoms with Gasteiger partial charge >= 0.3 is 11.9 Å². The van der Waals surface area contributed by atoms with E-state index in [2.05, 4.69) is 64.2 Å². The number of carbonyl (C=O) groups excluding carboxylic acids is 1. The molecule has 7 atom stereocenters. The number of aromatic carboxylic acids is 2. The molecule has 0 bridgehead atoms. The van der Waals surface area contributed by atoms with E-state index in [0.29, 0.717) is 24.7 Å². The predicted octanol–water partition coefficient (Wildman–Crippen LogP) is 8.88. The van der Waals surface area contributed by atoms with Crippen molar-refractivity contribution >= 4 is 38.8 Å². The fourth-order valence-electron chi connectivity index (χ4n) is 13.2. The van der Waals surface area contributed by atoms with Crippen molar-refractivity contribution in [3.8, 4) is 0 Å². The Labute approximate surface area is 318 Å². The Morgan fingerprint density at radius 1 is 0.815 bits per heavy atom. The zero-order chi connectivity index (χ0) is 39.0. The molecule has 0 spiro atoms. The molecule has 288 valence electrons. The molecule has 1 aromatic heterocycles. The lowest BCUT2D eigenvalue weighted by Gasteiger charge is -2.70. The fraction of sp³-hybridized carbons (Fsp3) is 0.568. The van der Waals surface area contributed by atoms with Gasteiger partial charge in [0.1, 0.15) is 0 Å². The molecule has 2 aromatic carbocycles. The fourth-order valence-corrected chi connectivity index (χ4v) is 14.2. The molecule has 4 N–H and O–H groups in total. The summed E-state index contributed by atoms with van der Waals surface area (Å²) in [6, 6.07) is 10.5. The van der Waals surface area contributed by atoms with Crippen LogP contribution in [0.25, 0.3) is 10.9 Å². The average molecular weight is 755 g/mol. The quantitative estimate of drug-likeness (QED) is 0.190. The van der Waals surface area contributed by atoms with Crippen LogP contribution in [0, 0.1) is 44.8 Å². The minimum Gasteiger partial charge on any atom is -0.478 e. The molecule has 1 amide bonds. The molecule has 3 aromatic rings. The van der Waals surface area contributed by atoms with Gasteiger partial charge in [0.2, 0.25) is 5.91 Å². The van der Waals surface area contributed by atoms with Gasteiger partial charge in [0.15, 0.2) is 0 Å². The molecule has 9 nitrogen and oxygen atoms in total. The number of carboxylic acids is 2. The number of hydrogen-bond acceptors (Lipinski definition) is 5. The number of rotatable bonds is 5. The zero-order valence-corrected chi connectivity index (χ0v) is 33.4. The third-order valence-corrected chi connectivity index (χ3v) is 17.6. The average Bonchev–Trinajstić information content (AvgIpc) is 3.46. The first-order valence-corrected chi connectivity index (χ1v) is 21.1. The molecule has 5 aliphatic rings. The van der Waals surface area contributed by atoms with E-state index in [4.69, 9.17) is 0 Å². The monoisotopic (exact) mass is 754 g/mol. The van der Waals surface area contributed by atoms with Crippen molar-refractivity contribution in [2.24, 2.45) is 44.8 Å². The van der Waals surface area contributed by atoms with Crippen LogP contribution in [0.2, 0.25) is 0 Å². The number of allylic oxidation sites excluding steroid dienone is 2. The SMILES string of the molecule is CC1(C)CC[C@]2(C(=O)NS(=O)(=O)c3ccc(C(=O)O)cc3)CC[C@]3(C)C(=CC[C@@H]4[C@@]5(C)Cc6c([nH]c7cc(C(=O)O)ccc67)C(C)(C)[C@@H]5CC[C@]43C)[C@@H]2C1. The van der Waals surface area contributed by atoms with E-state index in [1.807, 2.05) is 6.07 Å². The van der Waals surface area contributed by atoms with Crippen molar-refractivity contribution in [1.29, 1.82) is 0 Å². The molecule has 54 heavy (non-hydrogen) atoms. The van der Waals surface area contributed by atoms with E-state index in [-0.39, 0.29) is 49.0 Å². The maximum Gasteiger partial charge on any atom is 0.335 e. The summed E-state index contributed by atoms with van der Waals surface area (Å²) >= 11 is 0. The largest absolute Gasteiger partial charge is 0.478 e. The van der Waals surface area contributed by atoms with E-state index < -0.39 is 33.3 Å². The molecule has 3 saturated carbocycles. The summed E-state index contributed by atoms with van der Waals surface area (Å²) in [7, 11) is -4.23. The van der Waals surface area contributed by atoms with E-state index in [1.165, 1.54) is 41.1 Å². The number of carboxylic acid groups (broad SMARTS) is 2. The smallest absolute Gasteiger partial charge is 0.335 e. The topological polar surface area (TPSA) is 154 Å². The van der Waals surface area contributed by atoms with E-state index in [9.17, 15) is 33.0 Å². The van der Waals surface area contributed by atoms with Crippen LogP contribution in [0.1, 0.15) is 132 Å². The van der Waals surface area contributed by atoms with Crippen molar-refractivity contribution in [1.82, 2.24) is 9.71 Å². The Hall–Kier alpha value is -3.92. The van der Waals surface area contributed by atoms with E-state index in [1.54, 1.807) is 12.1 Å². The molecule has 5 aliphatic carbocycles. The summed E-state index contributed by atoms with van der Waals surface area (Å²) in [5, 5.41) is 20.1. The van der Waals surface area contributed by atoms with Crippen molar-refractivity contribution < 1.29 is 33.0 Å². The van der Waals surface area contributed by atoms with Gasteiger partial charge in [0.05, 0.1) is 21.4 Å². The van der Waals surface area contributed by atoms with Gasteiger partial charge < -0.3 is 15.2 Å². The number of fused-ring (bicyclic) bond motifs is 10. The Morgan fingerprint density at radius 2 is 1.46 bits per heavy atom. The Balaban J connectivity index is 1.17. The first-order valence-electron chi connectivity index (χ1n) is 19.6. The number of hydrogen-bond donors (Lipinski definition) is 4. The molecule has 1 heterocycles. The molecular formula is C44H54N2O7S. The molecule has 8 rings (SSSR count). The van der Waals surface area contributed by atoms with Gasteiger partial charge in [-0.1, -0.05) is 66.2 Å². The Morgan fingerprint density at radius 3 is 2.13 bits per heavy atom. The molecule has 0 radical (unpaired) electrons. The number of H-pyrrole nitrogens is 1. The van der Waals surface area contributed by atoms with Gasteiger partial charge in [0, 0.05) is 22.0 Å². The minimum absolute atomic E-state index is 0.0138. The highest BCUT2D eigenvalue weighted by molar-refractivity contribution is 7.90. The van der Waals surface area contributed by atoms with Gasteiger partial charge in [0.25, 0.3) is 10.0 Å². The summed E-state index contributed by atoms with van der Waals surface area (Å²) in [6.45, 7) is 16.7.